The molecule has 0 saturated carbocycles. The number of benzene rings is 1. The smallest absolute Gasteiger partial charge is 0.162 e. The molecule has 0 N–H and O–H groups in total. The van der Waals surface area contributed by atoms with Crippen LogP contribution in [-0.4, -0.2) is 26.9 Å². The maximum atomic E-state index is 6.31. The summed E-state index contributed by atoms with van der Waals surface area (Å²) in [4.78, 5) is 0.155. The monoisotopic (exact) mass is 348 g/mol. The van der Waals surface area contributed by atoms with Gasteiger partial charge in [-0.25, -0.2) is 0 Å². The van der Waals surface area contributed by atoms with E-state index in [1.165, 1.54) is 0 Å². The highest BCUT2D eigenvalue weighted by Gasteiger charge is 2.23. The van der Waals surface area contributed by atoms with Crippen molar-refractivity contribution in [3.8, 4) is 11.5 Å². The maximum absolute atomic E-state index is 6.31. The van der Waals surface area contributed by atoms with Crippen molar-refractivity contribution in [1.29, 1.82) is 0 Å². The molecule has 1 fully saturated rings. The van der Waals surface area contributed by atoms with Crippen LogP contribution in [0.3, 0.4) is 0 Å². The summed E-state index contributed by atoms with van der Waals surface area (Å²) in [6.07, 6.45) is 3.49. The van der Waals surface area contributed by atoms with Crippen LogP contribution in [0.5, 0.6) is 11.5 Å². The lowest BCUT2D eigenvalue weighted by atomic mass is 10.0. The van der Waals surface area contributed by atoms with Crippen molar-refractivity contribution in [3.05, 3.63) is 22.7 Å². The lowest BCUT2D eigenvalue weighted by molar-refractivity contribution is 0.104. The molecular formula is C14H18BrClO3. The fourth-order valence-electron chi connectivity index (χ4n) is 2.30. The molecule has 1 saturated heterocycles. The first-order chi connectivity index (χ1) is 9.15. The van der Waals surface area contributed by atoms with E-state index in [4.69, 9.17) is 25.8 Å². The molecule has 5 heteroatoms. The standard InChI is InChI=1S/C14H18BrClO3/c1-17-13-7-10(12(16)8-14(13)18-2)11(15)6-9-4-3-5-19-9/h7-9,11H,3-6H2,1-2H3. The zero-order valence-electron chi connectivity index (χ0n) is 11.1. The van der Waals surface area contributed by atoms with Crippen LogP contribution >= 0.6 is 27.5 Å². The molecule has 1 aromatic rings. The van der Waals surface area contributed by atoms with Crippen molar-refractivity contribution in [2.45, 2.75) is 30.2 Å². The van der Waals surface area contributed by atoms with Crippen LogP contribution in [0.4, 0.5) is 0 Å². The van der Waals surface area contributed by atoms with Gasteiger partial charge in [-0.15, -0.1) is 0 Å². The predicted octanol–water partition coefficient (Wildman–Crippen LogP) is 4.36. The zero-order chi connectivity index (χ0) is 13.8. The van der Waals surface area contributed by atoms with Crippen LogP contribution in [0.1, 0.15) is 29.7 Å². The molecule has 3 nitrogen and oxygen atoms in total. The Hall–Kier alpha value is -0.450. The molecule has 0 radical (unpaired) electrons. The lowest BCUT2D eigenvalue weighted by Gasteiger charge is -2.18. The van der Waals surface area contributed by atoms with Gasteiger partial charge in [-0.1, -0.05) is 27.5 Å². The highest BCUT2D eigenvalue weighted by Crippen LogP contribution is 2.41. The fourth-order valence-corrected chi connectivity index (χ4v) is 3.51. The van der Waals surface area contributed by atoms with E-state index in [0.29, 0.717) is 22.6 Å². The van der Waals surface area contributed by atoms with Gasteiger partial charge < -0.3 is 14.2 Å². The molecule has 2 unspecified atom stereocenters. The largest absolute Gasteiger partial charge is 0.493 e. The van der Waals surface area contributed by atoms with E-state index in [0.717, 1.165) is 31.4 Å². The topological polar surface area (TPSA) is 27.7 Å². The number of rotatable bonds is 5. The van der Waals surface area contributed by atoms with E-state index < -0.39 is 0 Å². The quantitative estimate of drug-likeness (QED) is 0.739. The van der Waals surface area contributed by atoms with Crippen LogP contribution in [-0.2, 0) is 4.74 Å². The molecule has 0 aliphatic carbocycles. The van der Waals surface area contributed by atoms with Crippen LogP contribution in [0.15, 0.2) is 12.1 Å². The minimum absolute atomic E-state index is 0.155. The van der Waals surface area contributed by atoms with Gasteiger partial charge in [0.25, 0.3) is 0 Å². The number of hydrogen-bond donors (Lipinski definition) is 0. The summed E-state index contributed by atoms with van der Waals surface area (Å²) in [6.45, 7) is 0.865. The first-order valence-electron chi connectivity index (χ1n) is 6.32. The van der Waals surface area contributed by atoms with Gasteiger partial charge in [0.1, 0.15) is 0 Å². The van der Waals surface area contributed by atoms with E-state index >= 15 is 0 Å². The van der Waals surface area contributed by atoms with Crippen molar-refractivity contribution >= 4 is 27.5 Å². The molecule has 19 heavy (non-hydrogen) atoms. The zero-order valence-corrected chi connectivity index (χ0v) is 13.5. The molecular weight excluding hydrogens is 332 g/mol. The van der Waals surface area contributed by atoms with Crippen molar-refractivity contribution in [3.63, 3.8) is 0 Å². The summed E-state index contributed by atoms with van der Waals surface area (Å²) >= 11 is 10.0. The summed E-state index contributed by atoms with van der Waals surface area (Å²) in [7, 11) is 3.23. The molecule has 106 valence electrons. The average molecular weight is 350 g/mol. The number of hydrogen-bond acceptors (Lipinski definition) is 3. The minimum atomic E-state index is 0.155. The molecule has 0 aromatic heterocycles. The third-order valence-corrected chi connectivity index (χ3v) is 4.53. The summed E-state index contributed by atoms with van der Waals surface area (Å²) in [6, 6.07) is 3.72. The van der Waals surface area contributed by atoms with Crippen LogP contribution < -0.4 is 9.47 Å². The minimum Gasteiger partial charge on any atom is -0.493 e. The van der Waals surface area contributed by atoms with Crippen LogP contribution in [0, 0.1) is 0 Å². The van der Waals surface area contributed by atoms with Crippen molar-refractivity contribution < 1.29 is 14.2 Å². The predicted molar refractivity (Wildman–Crippen MR) is 79.8 cm³/mol. The number of halogens is 2. The third kappa shape index (κ3) is 3.56. The third-order valence-electron chi connectivity index (χ3n) is 3.33. The fraction of sp³-hybridized carbons (Fsp3) is 0.571. The van der Waals surface area contributed by atoms with E-state index in [-0.39, 0.29) is 4.83 Å². The van der Waals surface area contributed by atoms with Gasteiger partial charge in [0.05, 0.1) is 20.3 Å². The van der Waals surface area contributed by atoms with Gasteiger partial charge in [0.2, 0.25) is 0 Å². The molecule has 1 aromatic carbocycles. The molecule has 1 aliphatic rings. The van der Waals surface area contributed by atoms with Gasteiger partial charge in [0.15, 0.2) is 11.5 Å². The molecule has 0 spiro atoms. The van der Waals surface area contributed by atoms with Crippen molar-refractivity contribution in [2.75, 3.05) is 20.8 Å². The van der Waals surface area contributed by atoms with Gasteiger partial charge in [0, 0.05) is 22.5 Å². The SMILES string of the molecule is COc1cc(Cl)c(C(Br)CC2CCCO2)cc1OC. The summed E-state index contributed by atoms with van der Waals surface area (Å²) in [5.41, 5.74) is 1.01. The Kier molecular flexibility index (Phi) is 5.37. The summed E-state index contributed by atoms with van der Waals surface area (Å²) < 4.78 is 16.2. The lowest BCUT2D eigenvalue weighted by Crippen LogP contribution is -2.08. The Balaban J connectivity index is 2.17. The van der Waals surface area contributed by atoms with Crippen LogP contribution in [0.25, 0.3) is 0 Å². The highest BCUT2D eigenvalue weighted by atomic mass is 79.9. The first kappa shape index (κ1) is 14.9. The Morgan fingerprint density at radius 2 is 2.05 bits per heavy atom. The molecule has 2 rings (SSSR count). The van der Waals surface area contributed by atoms with Gasteiger partial charge in [-0.2, -0.15) is 0 Å². The van der Waals surface area contributed by atoms with E-state index in [1.807, 2.05) is 6.07 Å². The molecule has 2 atom stereocenters. The van der Waals surface area contributed by atoms with E-state index in [1.54, 1.807) is 20.3 Å². The van der Waals surface area contributed by atoms with Gasteiger partial charge in [-0.05, 0) is 30.9 Å². The van der Waals surface area contributed by atoms with E-state index in [2.05, 4.69) is 15.9 Å². The Bertz CT molecular complexity index is 433. The molecule has 1 aliphatic heterocycles. The van der Waals surface area contributed by atoms with Gasteiger partial charge >= 0.3 is 0 Å². The number of alkyl halides is 1. The highest BCUT2D eigenvalue weighted by molar-refractivity contribution is 9.09. The van der Waals surface area contributed by atoms with Crippen molar-refractivity contribution in [1.82, 2.24) is 0 Å². The number of ether oxygens (including phenoxy) is 3. The van der Waals surface area contributed by atoms with E-state index in [9.17, 15) is 0 Å². The second-order valence-electron chi connectivity index (χ2n) is 4.57. The normalized spacial score (nSPS) is 20.3. The Labute approximate surface area is 127 Å². The maximum Gasteiger partial charge on any atom is 0.162 e. The molecule has 0 amide bonds. The van der Waals surface area contributed by atoms with Crippen LogP contribution in [0.2, 0.25) is 5.02 Å². The first-order valence-corrected chi connectivity index (χ1v) is 7.62. The summed E-state index contributed by atoms with van der Waals surface area (Å²) in [5.74, 6) is 1.34. The molecule has 1 heterocycles. The number of methoxy groups -OCH3 is 2. The average Bonchev–Trinajstić information content (AvgIpc) is 2.90. The second-order valence-corrected chi connectivity index (χ2v) is 6.08. The molecule has 0 bridgehead atoms. The summed E-state index contributed by atoms with van der Waals surface area (Å²) in [5, 5.41) is 0.678. The Morgan fingerprint density at radius 1 is 1.37 bits per heavy atom. The van der Waals surface area contributed by atoms with Crippen molar-refractivity contribution in [2.24, 2.45) is 0 Å². The van der Waals surface area contributed by atoms with Gasteiger partial charge in [-0.3, -0.25) is 0 Å². The Morgan fingerprint density at radius 3 is 2.63 bits per heavy atom. The second kappa shape index (κ2) is 6.82.